The molecule has 0 spiro atoms. The molecule has 3 heterocycles. The van der Waals surface area contributed by atoms with Gasteiger partial charge in [0.25, 0.3) is 0 Å². The zero-order valence-electron chi connectivity index (χ0n) is 40.5. The van der Waals surface area contributed by atoms with Gasteiger partial charge in [0.2, 0.25) is 0 Å². The molecule has 17 unspecified atom stereocenters. The maximum atomic E-state index is 4.43. The maximum Gasteiger partial charge on any atom is 0.118 e. The van der Waals surface area contributed by atoms with E-state index >= 15 is 0 Å². The molecule has 0 aromatic carbocycles. The zero-order valence-corrected chi connectivity index (χ0v) is 40.5. The molecule has 7 saturated carbocycles. The third kappa shape index (κ3) is 7.35. The SMILES string of the molecule is CC1(C)C2CC(N3C4=C(CC(C5CCC(C6CCC7[B]C8CCCCC8C7C6)CC5)CC4)C4CCCCC43)=CCC2C2CCC(C3NC4CCC=CC4C(C4CCCCC4)N3)CC21. The van der Waals surface area contributed by atoms with Gasteiger partial charge in [-0.25, -0.2) is 0 Å². The van der Waals surface area contributed by atoms with E-state index in [1.54, 1.807) is 51.4 Å². The Morgan fingerprint density at radius 2 is 1.35 bits per heavy atom. The molecule has 9 fully saturated rings. The zero-order chi connectivity index (χ0) is 41.8. The summed E-state index contributed by atoms with van der Waals surface area (Å²) in [7, 11) is 2.90. The molecule has 0 aromatic heterocycles. The van der Waals surface area contributed by atoms with Gasteiger partial charge in [-0.05, 0) is 204 Å². The van der Waals surface area contributed by atoms with E-state index < -0.39 is 0 Å². The summed E-state index contributed by atoms with van der Waals surface area (Å²) in [6.07, 6.45) is 53.1. The van der Waals surface area contributed by atoms with Crippen molar-refractivity contribution in [2.75, 3.05) is 0 Å². The third-order valence-corrected chi connectivity index (χ3v) is 24.0. The Morgan fingerprint density at radius 3 is 2.24 bits per heavy atom. The van der Waals surface area contributed by atoms with E-state index in [-0.39, 0.29) is 0 Å². The smallest absolute Gasteiger partial charge is 0.118 e. The molecule has 17 atom stereocenters. The largest absolute Gasteiger partial charge is 0.345 e. The maximum absolute atomic E-state index is 4.43. The summed E-state index contributed by atoms with van der Waals surface area (Å²) in [5.74, 6) is 15.2. The molecular formula is C59H91BN3. The summed E-state index contributed by atoms with van der Waals surface area (Å²) < 4.78 is 0. The van der Waals surface area contributed by atoms with E-state index in [0.717, 1.165) is 94.6 Å². The van der Waals surface area contributed by atoms with Crippen LogP contribution < -0.4 is 10.6 Å². The number of rotatable bonds is 5. The second-order valence-electron chi connectivity index (χ2n) is 26.7. The molecule has 0 bridgehead atoms. The highest BCUT2D eigenvalue weighted by atomic mass is 15.2. The summed E-state index contributed by atoms with van der Waals surface area (Å²) in [4.78, 5) is 3.13. The second kappa shape index (κ2) is 17.2. The standard InChI is InChI=1S/C59H91BN3/c1-59(2)50-34-41(58-61-54-18-10-7-16-47(54)57(62-58)38-12-4-3-5-13-38)24-28-43(50)44-29-27-42(35-51(44)59)63-55-19-11-8-15-46(55)49-33-40(26-31-56(49)63)37-22-20-36(21-23-37)39-25-30-53-48(32-39)45-14-6-9-17-52(45)60-53/h7,16,27,36-41,43-48,50-55,57-58,61-62H,3-6,8-15,17-26,28-35H2,1-2H3. The average Bonchev–Trinajstić information content (AvgIpc) is 3.95. The molecule has 345 valence electrons. The minimum atomic E-state index is 0.438. The third-order valence-electron chi connectivity index (χ3n) is 24.0. The van der Waals surface area contributed by atoms with Crippen LogP contribution in [0.1, 0.15) is 206 Å². The summed E-state index contributed by atoms with van der Waals surface area (Å²) in [6.45, 7) is 5.55. The Labute approximate surface area is 387 Å². The van der Waals surface area contributed by atoms with Gasteiger partial charge in [0, 0.05) is 41.4 Å². The van der Waals surface area contributed by atoms with Crippen LogP contribution in [0.3, 0.4) is 0 Å². The molecule has 0 amide bonds. The fourth-order valence-electron chi connectivity index (χ4n) is 21.0. The lowest BCUT2D eigenvalue weighted by Gasteiger charge is -2.52. The molecular weight excluding hydrogens is 761 g/mol. The number of hydrogen-bond acceptors (Lipinski definition) is 3. The van der Waals surface area contributed by atoms with Crippen LogP contribution in [0, 0.1) is 88.3 Å². The van der Waals surface area contributed by atoms with Crippen LogP contribution in [-0.4, -0.2) is 36.5 Å². The molecule has 0 aromatic rings. The predicted octanol–water partition coefficient (Wildman–Crippen LogP) is 14.4. The number of nitrogens with zero attached hydrogens (tertiary/aromatic N) is 1. The van der Waals surface area contributed by atoms with Crippen LogP contribution in [0.5, 0.6) is 0 Å². The molecule has 3 nitrogen and oxygen atoms in total. The highest BCUT2D eigenvalue weighted by Gasteiger charge is 2.59. The Balaban J connectivity index is 0.668. The highest BCUT2D eigenvalue weighted by molar-refractivity contribution is 6.41. The van der Waals surface area contributed by atoms with Crippen molar-refractivity contribution in [3.05, 3.63) is 35.2 Å². The van der Waals surface area contributed by atoms with Gasteiger partial charge in [0.15, 0.2) is 0 Å². The van der Waals surface area contributed by atoms with E-state index in [2.05, 4.69) is 54.9 Å². The van der Waals surface area contributed by atoms with Gasteiger partial charge in [-0.1, -0.05) is 114 Å². The molecule has 2 saturated heterocycles. The van der Waals surface area contributed by atoms with Crippen molar-refractivity contribution in [2.24, 2.45) is 88.3 Å². The fourth-order valence-corrected chi connectivity index (χ4v) is 21.0. The number of allylic oxidation sites excluding steroid dienone is 4. The Morgan fingerprint density at radius 1 is 0.587 bits per heavy atom. The van der Waals surface area contributed by atoms with E-state index in [4.69, 9.17) is 0 Å². The first kappa shape index (κ1) is 42.1. The molecule has 4 heteroatoms. The first-order chi connectivity index (χ1) is 31.0. The first-order valence-corrected chi connectivity index (χ1v) is 29.2. The lowest BCUT2D eigenvalue weighted by molar-refractivity contribution is 0.0400. The monoisotopic (exact) mass is 853 g/mol. The minimum Gasteiger partial charge on any atom is -0.345 e. The summed E-state index contributed by atoms with van der Waals surface area (Å²) >= 11 is 0. The van der Waals surface area contributed by atoms with E-state index in [1.807, 2.05) is 17.0 Å². The predicted molar refractivity (Wildman–Crippen MR) is 262 cm³/mol. The molecule has 13 rings (SSSR count). The van der Waals surface area contributed by atoms with Gasteiger partial charge in [0.05, 0.1) is 6.17 Å². The van der Waals surface area contributed by atoms with Gasteiger partial charge >= 0.3 is 0 Å². The van der Waals surface area contributed by atoms with Crippen LogP contribution in [0.4, 0.5) is 0 Å². The van der Waals surface area contributed by atoms with Crippen molar-refractivity contribution in [1.29, 1.82) is 0 Å². The van der Waals surface area contributed by atoms with Crippen LogP contribution in [0.15, 0.2) is 35.2 Å². The van der Waals surface area contributed by atoms with Crippen molar-refractivity contribution in [3.8, 4) is 0 Å². The van der Waals surface area contributed by atoms with Crippen molar-refractivity contribution >= 4 is 7.28 Å². The summed E-state index contributed by atoms with van der Waals surface area (Å²) in [5, 5.41) is 8.76. The van der Waals surface area contributed by atoms with Crippen molar-refractivity contribution in [2.45, 2.75) is 242 Å². The first-order valence-electron chi connectivity index (χ1n) is 29.2. The van der Waals surface area contributed by atoms with Gasteiger partial charge < -0.3 is 4.90 Å². The van der Waals surface area contributed by atoms with Gasteiger partial charge in [-0.3, -0.25) is 10.6 Å². The lowest BCUT2D eigenvalue weighted by atomic mass is 9.53. The fraction of sp³-hybridized carbons (Fsp3) is 0.898. The van der Waals surface area contributed by atoms with E-state index in [9.17, 15) is 0 Å². The molecule has 1 radical (unpaired) electrons. The average molecular weight is 853 g/mol. The minimum absolute atomic E-state index is 0.438. The van der Waals surface area contributed by atoms with E-state index in [0.29, 0.717) is 29.6 Å². The topological polar surface area (TPSA) is 27.3 Å². The molecule has 10 aliphatic carbocycles. The van der Waals surface area contributed by atoms with Crippen LogP contribution in [0.2, 0.25) is 11.6 Å². The second-order valence-corrected chi connectivity index (χ2v) is 26.7. The van der Waals surface area contributed by atoms with Gasteiger partial charge in [-0.2, -0.15) is 0 Å². The number of hydrogen-bond donors (Lipinski definition) is 2. The quantitative estimate of drug-likeness (QED) is 0.213. The van der Waals surface area contributed by atoms with Gasteiger partial charge in [0.1, 0.15) is 7.28 Å². The summed E-state index contributed by atoms with van der Waals surface area (Å²) in [6, 6.07) is 2.19. The van der Waals surface area contributed by atoms with Gasteiger partial charge in [-0.15, -0.1) is 0 Å². The van der Waals surface area contributed by atoms with Crippen molar-refractivity contribution in [3.63, 3.8) is 0 Å². The van der Waals surface area contributed by atoms with Crippen LogP contribution in [-0.2, 0) is 0 Å². The number of fused-ring (bicyclic) bond motifs is 9. The Bertz CT molecular complexity index is 1750. The number of nitrogens with one attached hydrogen (secondary N) is 2. The van der Waals surface area contributed by atoms with Crippen molar-refractivity contribution < 1.29 is 0 Å². The summed E-state index contributed by atoms with van der Waals surface area (Å²) in [5.41, 5.74) is 6.15. The Kier molecular flexibility index (Phi) is 11.5. The van der Waals surface area contributed by atoms with Crippen LogP contribution in [0.25, 0.3) is 0 Å². The lowest BCUT2D eigenvalue weighted by Crippen LogP contribution is -2.67. The van der Waals surface area contributed by atoms with Crippen molar-refractivity contribution in [1.82, 2.24) is 15.5 Å². The normalized spacial score (nSPS) is 50.5. The Hall–Kier alpha value is -0.995. The van der Waals surface area contributed by atoms with Crippen LogP contribution >= 0.6 is 0 Å². The molecule has 63 heavy (non-hydrogen) atoms. The molecule has 2 N–H and O–H groups in total. The molecule has 13 aliphatic rings. The highest BCUT2D eigenvalue weighted by Crippen LogP contribution is 2.65. The molecule has 3 aliphatic heterocycles. The van der Waals surface area contributed by atoms with E-state index in [1.165, 1.54) is 141 Å².